The second-order valence-corrected chi connectivity index (χ2v) is 7.64. The van der Waals surface area contributed by atoms with E-state index in [9.17, 15) is 13.2 Å². The zero-order valence-corrected chi connectivity index (χ0v) is 12.7. The van der Waals surface area contributed by atoms with Crippen LogP contribution in [0.15, 0.2) is 23.1 Å². The number of carbonyl (C=O) groups is 1. The maximum atomic E-state index is 12.7. The molecule has 2 aliphatic heterocycles. The van der Waals surface area contributed by atoms with Crippen LogP contribution in [0.4, 0.5) is 5.69 Å². The van der Waals surface area contributed by atoms with Gasteiger partial charge >= 0.3 is 0 Å². The summed E-state index contributed by atoms with van der Waals surface area (Å²) in [7, 11) is -3.51. The molecule has 0 bridgehead atoms. The third-order valence-electron chi connectivity index (χ3n) is 4.28. The van der Waals surface area contributed by atoms with Gasteiger partial charge in [-0.15, -0.1) is 0 Å². The van der Waals surface area contributed by atoms with Crippen molar-refractivity contribution in [1.29, 1.82) is 0 Å². The number of fused-ring (bicyclic) bond motifs is 1. The van der Waals surface area contributed by atoms with Crippen molar-refractivity contribution in [2.45, 2.75) is 36.6 Å². The van der Waals surface area contributed by atoms with E-state index in [2.05, 4.69) is 5.32 Å². The van der Waals surface area contributed by atoms with E-state index >= 15 is 0 Å². The van der Waals surface area contributed by atoms with Crippen molar-refractivity contribution < 1.29 is 13.2 Å². The summed E-state index contributed by atoms with van der Waals surface area (Å²) in [5, 5.41) is 2.75. The molecule has 0 radical (unpaired) electrons. The van der Waals surface area contributed by atoms with Gasteiger partial charge in [0.15, 0.2) is 0 Å². The van der Waals surface area contributed by atoms with E-state index in [0.29, 0.717) is 31.6 Å². The van der Waals surface area contributed by atoms with Crippen LogP contribution in [-0.4, -0.2) is 37.8 Å². The van der Waals surface area contributed by atoms with Gasteiger partial charge in [-0.25, -0.2) is 8.42 Å². The molecule has 0 aromatic heterocycles. The van der Waals surface area contributed by atoms with E-state index in [0.717, 1.165) is 5.56 Å². The van der Waals surface area contributed by atoms with E-state index in [1.54, 1.807) is 25.1 Å². The lowest BCUT2D eigenvalue weighted by atomic mass is 10.0. The van der Waals surface area contributed by atoms with Gasteiger partial charge in [0.1, 0.15) is 0 Å². The number of nitrogens with two attached hydrogens (primary N) is 1. The number of hydrogen-bond acceptors (Lipinski definition) is 4. The van der Waals surface area contributed by atoms with Crippen molar-refractivity contribution >= 4 is 21.6 Å². The molecule has 1 saturated heterocycles. The Morgan fingerprint density at radius 1 is 1.29 bits per heavy atom. The lowest BCUT2D eigenvalue weighted by Gasteiger charge is -2.29. The Bertz CT molecular complexity index is 679. The SMILES string of the molecule is CC1C(=O)Nc2ccc(S(=O)(=O)N3CCC(N)CC3)cc21. The van der Waals surface area contributed by atoms with E-state index in [1.807, 2.05) is 0 Å². The zero-order valence-electron chi connectivity index (χ0n) is 11.9. The van der Waals surface area contributed by atoms with Gasteiger partial charge in [0.2, 0.25) is 15.9 Å². The minimum atomic E-state index is -3.51. The Morgan fingerprint density at radius 3 is 2.62 bits per heavy atom. The van der Waals surface area contributed by atoms with E-state index < -0.39 is 10.0 Å². The maximum Gasteiger partial charge on any atom is 0.243 e. The normalized spacial score (nSPS) is 23.9. The van der Waals surface area contributed by atoms with Crippen molar-refractivity contribution in [3.8, 4) is 0 Å². The molecule has 2 heterocycles. The fourth-order valence-corrected chi connectivity index (χ4v) is 4.33. The monoisotopic (exact) mass is 309 g/mol. The summed E-state index contributed by atoms with van der Waals surface area (Å²) in [6.07, 6.45) is 1.36. The summed E-state index contributed by atoms with van der Waals surface area (Å²) in [4.78, 5) is 11.9. The largest absolute Gasteiger partial charge is 0.328 e. The summed E-state index contributed by atoms with van der Waals surface area (Å²) in [5.74, 6) is -0.409. The van der Waals surface area contributed by atoms with Gasteiger partial charge in [0, 0.05) is 24.8 Å². The first-order chi connectivity index (χ1) is 9.89. The maximum absolute atomic E-state index is 12.7. The fourth-order valence-electron chi connectivity index (χ4n) is 2.82. The molecule has 1 atom stereocenters. The minimum absolute atomic E-state index is 0.0818. The smallest absolute Gasteiger partial charge is 0.243 e. The van der Waals surface area contributed by atoms with Gasteiger partial charge < -0.3 is 11.1 Å². The highest BCUT2D eigenvalue weighted by atomic mass is 32.2. The van der Waals surface area contributed by atoms with Crippen molar-refractivity contribution in [3.05, 3.63) is 23.8 Å². The van der Waals surface area contributed by atoms with E-state index in [4.69, 9.17) is 5.73 Å². The number of anilines is 1. The van der Waals surface area contributed by atoms with Crippen LogP contribution in [0.1, 0.15) is 31.2 Å². The third kappa shape index (κ3) is 2.45. The van der Waals surface area contributed by atoms with Crippen LogP contribution in [0.25, 0.3) is 0 Å². The van der Waals surface area contributed by atoms with Crippen molar-refractivity contribution in [1.82, 2.24) is 4.31 Å². The molecule has 2 aliphatic rings. The number of carbonyl (C=O) groups excluding carboxylic acids is 1. The van der Waals surface area contributed by atoms with E-state index in [1.165, 1.54) is 4.31 Å². The Labute approximate surface area is 124 Å². The summed E-state index contributed by atoms with van der Waals surface area (Å²) >= 11 is 0. The molecule has 3 N–H and O–H groups in total. The van der Waals surface area contributed by atoms with Gasteiger partial charge in [-0.05, 0) is 43.5 Å². The molecular weight excluding hydrogens is 290 g/mol. The van der Waals surface area contributed by atoms with Gasteiger partial charge in [-0.3, -0.25) is 4.79 Å². The molecule has 1 fully saturated rings. The molecule has 1 aromatic carbocycles. The summed E-state index contributed by atoms with van der Waals surface area (Å²) in [6, 6.07) is 4.92. The molecule has 1 aromatic rings. The van der Waals surface area contributed by atoms with Crippen LogP contribution < -0.4 is 11.1 Å². The quantitative estimate of drug-likeness (QED) is 0.847. The second-order valence-electron chi connectivity index (χ2n) is 5.70. The Balaban J connectivity index is 1.92. The number of nitrogens with one attached hydrogen (secondary N) is 1. The molecular formula is C14H19N3O3S. The van der Waals surface area contributed by atoms with Crippen molar-refractivity contribution in [2.24, 2.45) is 5.73 Å². The molecule has 114 valence electrons. The average molecular weight is 309 g/mol. The minimum Gasteiger partial charge on any atom is -0.328 e. The number of sulfonamides is 1. The van der Waals surface area contributed by atoms with Gasteiger partial charge in [0.25, 0.3) is 0 Å². The number of rotatable bonds is 2. The molecule has 21 heavy (non-hydrogen) atoms. The van der Waals surface area contributed by atoms with Gasteiger partial charge in [0.05, 0.1) is 10.8 Å². The van der Waals surface area contributed by atoms with Crippen LogP contribution in [-0.2, 0) is 14.8 Å². The van der Waals surface area contributed by atoms with Crippen molar-refractivity contribution in [2.75, 3.05) is 18.4 Å². The number of benzene rings is 1. The lowest BCUT2D eigenvalue weighted by molar-refractivity contribution is -0.116. The highest BCUT2D eigenvalue weighted by Crippen LogP contribution is 2.34. The molecule has 3 rings (SSSR count). The average Bonchev–Trinajstić information content (AvgIpc) is 2.74. The molecule has 1 amide bonds. The zero-order chi connectivity index (χ0) is 15.2. The molecule has 0 aliphatic carbocycles. The molecule has 0 spiro atoms. The van der Waals surface area contributed by atoms with Crippen LogP contribution in [0.3, 0.4) is 0 Å². The predicted molar refractivity (Wildman–Crippen MR) is 79.5 cm³/mol. The van der Waals surface area contributed by atoms with Crippen molar-refractivity contribution in [3.63, 3.8) is 0 Å². The fraction of sp³-hybridized carbons (Fsp3) is 0.500. The molecule has 7 heteroatoms. The van der Waals surface area contributed by atoms with Gasteiger partial charge in [-0.2, -0.15) is 4.31 Å². The summed E-state index contributed by atoms with van der Waals surface area (Å²) in [6.45, 7) is 2.68. The number of nitrogens with zero attached hydrogens (tertiary/aromatic N) is 1. The number of hydrogen-bond donors (Lipinski definition) is 2. The van der Waals surface area contributed by atoms with Crippen LogP contribution in [0, 0.1) is 0 Å². The first-order valence-electron chi connectivity index (χ1n) is 7.10. The summed E-state index contributed by atoms with van der Waals surface area (Å²) in [5.41, 5.74) is 7.27. The van der Waals surface area contributed by atoms with Gasteiger partial charge in [-0.1, -0.05) is 0 Å². The number of piperidine rings is 1. The summed E-state index contributed by atoms with van der Waals surface area (Å²) < 4.78 is 26.8. The standard InChI is InChI=1S/C14H19N3O3S/c1-9-12-8-11(2-3-13(12)16-14(9)18)21(19,20)17-6-4-10(15)5-7-17/h2-3,8-10H,4-7,15H2,1H3,(H,16,18). The van der Waals surface area contributed by atoms with E-state index in [-0.39, 0.29) is 22.8 Å². The number of amides is 1. The highest BCUT2D eigenvalue weighted by molar-refractivity contribution is 7.89. The molecule has 6 nitrogen and oxygen atoms in total. The van der Waals surface area contributed by atoms with Crippen LogP contribution >= 0.6 is 0 Å². The highest BCUT2D eigenvalue weighted by Gasteiger charge is 2.32. The first-order valence-corrected chi connectivity index (χ1v) is 8.54. The Morgan fingerprint density at radius 2 is 1.95 bits per heavy atom. The molecule has 1 unspecified atom stereocenters. The lowest BCUT2D eigenvalue weighted by Crippen LogP contribution is -2.42. The third-order valence-corrected chi connectivity index (χ3v) is 6.17. The predicted octanol–water partition coefficient (Wildman–Crippen LogP) is 0.854. The van der Waals surface area contributed by atoms with Crippen LogP contribution in [0.5, 0.6) is 0 Å². The topological polar surface area (TPSA) is 92.5 Å². The van der Waals surface area contributed by atoms with Crippen LogP contribution in [0.2, 0.25) is 0 Å². The first kappa shape index (κ1) is 14.5. The Hall–Kier alpha value is -1.44. The molecule has 0 saturated carbocycles. The Kier molecular flexibility index (Phi) is 3.51. The second kappa shape index (κ2) is 5.08.